The second-order valence-electron chi connectivity index (χ2n) is 8.61. The smallest absolute Gasteiger partial charge is 0.291 e. The lowest BCUT2D eigenvalue weighted by molar-refractivity contribution is -0.120. The third-order valence-corrected chi connectivity index (χ3v) is 7.03. The highest BCUT2D eigenvalue weighted by Gasteiger charge is 2.40. The summed E-state index contributed by atoms with van der Waals surface area (Å²) >= 11 is 1.09. The van der Waals surface area contributed by atoms with Gasteiger partial charge in [-0.1, -0.05) is 23.9 Å². The number of halogens is 1. The second-order valence-corrected chi connectivity index (χ2v) is 9.70. The summed E-state index contributed by atoms with van der Waals surface area (Å²) in [4.78, 5) is 41.3. The molecule has 0 unspecified atom stereocenters. The van der Waals surface area contributed by atoms with Crippen LogP contribution in [0.25, 0.3) is 0 Å². The number of thioether (sulfide) groups is 1. The van der Waals surface area contributed by atoms with Crippen LogP contribution >= 0.6 is 11.8 Å². The van der Waals surface area contributed by atoms with Crippen molar-refractivity contribution in [2.24, 2.45) is 0 Å². The average Bonchev–Trinajstić information content (AvgIpc) is 3.51. The van der Waals surface area contributed by atoms with Crippen LogP contribution in [0.15, 0.2) is 105 Å². The Kier molecular flexibility index (Phi) is 6.85. The molecule has 38 heavy (non-hydrogen) atoms. The van der Waals surface area contributed by atoms with Gasteiger partial charge in [0, 0.05) is 16.3 Å². The van der Waals surface area contributed by atoms with E-state index in [4.69, 9.17) is 4.42 Å². The Bertz CT molecular complexity index is 1580. The standard InChI is InChI=1S/C29H22FN3O4S/c1-17-8-11-21(15-18(17)2)31-25-26(29(36)33(28(25)35)22-12-9-19(30)10-13-22)38-23-6-3-5-20(16-23)32-27(34)24-7-4-14-37-24/h3-16,31H,1-2H3,(H,32,34). The first kappa shape index (κ1) is 25.0. The maximum Gasteiger partial charge on any atom is 0.291 e. The molecule has 9 heteroatoms. The normalized spacial score (nSPS) is 13.3. The van der Waals surface area contributed by atoms with Crippen molar-refractivity contribution in [3.8, 4) is 0 Å². The molecule has 0 saturated heterocycles. The number of nitrogens with one attached hydrogen (secondary N) is 2. The quantitative estimate of drug-likeness (QED) is 0.275. The largest absolute Gasteiger partial charge is 0.459 e. The Morgan fingerprint density at radius 3 is 2.37 bits per heavy atom. The van der Waals surface area contributed by atoms with Crippen molar-refractivity contribution in [2.75, 3.05) is 15.5 Å². The summed E-state index contributed by atoms with van der Waals surface area (Å²) in [6.07, 6.45) is 1.41. The van der Waals surface area contributed by atoms with Gasteiger partial charge in [-0.25, -0.2) is 9.29 Å². The van der Waals surface area contributed by atoms with Gasteiger partial charge >= 0.3 is 0 Å². The molecule has 0 fully saturated rings. The molecule has 4 aromatic rings. The predicted molar refractivity (Wildman–Crippen MR) is 144 cm³/mol. The van der Waals surface area contributed by atoms with Gasteiger partial charge in [-0.15, -0.1) is 0 Å². The lowest BCUT2D eigenvalue weighted by Gasteiger charge is -2.15. The fourth-order valence-corrected chi connectivity index (χ4v) is 4.85. The molecule has 1 aliphatic heterocycles. The molecule has 3 aromatic carbocycles. The molecule has 190 valence electrons. The highest BCUT2D eigenvalue weighted by molar-refractivity contribution is 8.04. The van der Waals surface area contributed by atoms with Crippen molar-refractivity contribution in [1.29, 1.82) is 0 Å². The zero-order valence-electron chi connectivity index (χ0n) is 20.4. The van der Waals surface area contributed by atoms with Gasteiger partial charge in [-0.2, -0.15) is 0 Å². The summed E-state index contributed by atoms with van der Waals surface area (Å²) in [6, 6.07) is 20.9. The highest BCUT2D eigenvalue weighted by Crippen LogP contribution is 2.38. The third-order valence-electron chi connectivity index (χ3n) is 5.96. The number of rotatable bonds is 7. The van der Waals surface area contributed by atoms with E-state index < -0.39 is 23.5 Å². The van der Waals surface area contributed by atoms with Crippen LogP contribution in [0, 0.1) is 19.7 Å². The minimum absolute atomic E-state index is 0.109. The van der Waals surface area contributed by atoms with Gasteiger partial charge in [0.1, 0.15) is 16.4 Å². The van der Waals surface area contributed by atoms with Crippen molar-refractivity contribution in [1.82, 2.24) is 0 Å². The van der Waals surface area contributed by atoms with Gasteiger partial charge in [0.25, 0.3) is 17.7 Å². The molecule has 1 aliphatic rings. The van der Waals surface area contributed by atoms with E-state index in [0.717, 1.165) is 27.8 Å². The molecular formula is C29H22FN3O4S. The molecule has 2 N–H and O–H groups in total. The zero-order chi connectivity index (χ0) is 26.8. The molecule has 7 nitrogen and oxygen atoms in total. The van der Waals surface area contributed by atoms with Crippen LogP contribution in [0.3, 0.4) is 0 Å². The number of anilines is 3. The van der Waals surface area contributed by atoms with Crippen LogP contribution in [0.5, 0.6) is 0 Å². The third kappa shape index (κ3) is 5.09. The predicted octanol–water partition coefficient (Wildman–Crippen LogP) is 6.28. The van der Waals surface area contributed by atoms with Gasteiger partial charge in [-0.05, 0) is 91.7 Å². The van der Waals surface area contributed by atoms with E-state index in [-0.39, 0.29) is 22.0 Å². The number of hydrogen-bond acceptors (Lipinski definition) is 6. The first-order valence-corrected chi connectivity index (χ1v) is 12.5. The summed E-state index contributed by atoms with van der Waals surface area (Å²) in [5.74, 6) is -1.81. The summed E-state index contributed by atoms with van der Waals surface area (Å²) in [5, 5.41) is 5.88. The monoisotopic (exact) mass is 527 g/mol. The number of benzene rings is 3. The van der Waals surface area contributed by atoms with E-state index in [1.165, 1.54) is 30.5 Å². The van der Waals surface area contributed by atoms with Crippen LogP contribution in [-0.4, -0.2) is 17.7 Å². The topological polar surface area (TPSA) is 91.7 Å². The summed E-state index contributed by atoms with van der Waals surface area (Å²) < 4.78 is 18.7. The van der Waals surface area contributed by atoms with E-state index in [1.807, 2.05) is 32.0 Å². The number of aryl methyl sites for hydroxylation is 2. The number of carbonyl (C=O) groups excluding carboxylic acids is 3. The second kappa shape index (κ2) is 10.4. The minimum atomic E-state index is -0.551. The number of imide groups is 1. The average molecular weight is 528 g/mol. The maximum absolute atomic E-state index is 13.6. The molecule has 2 heterocycles. The van der Waals surface area contributed by atoms with Crippen molar-refractivity contribution in [3.63, 3.8) is 0 Å². The van der Waals surface area contributed by atoms with Gasteiger partial charge in [0.2, 0.25) is 0 Å². The van der Waals surface area contributed by atoms with Crippen LogP contribution in [-0.2, 0) is 9.59 Å². The van der Waals surface area contributed by atoms with Gasteiger partial charge in [-0.3, -0.25) is 14.4 Å². The molecule has 0 radical (unpaired) electrons. The van der Waals surface area contributed by atoms with E-state index in [2.05, 4.69) is 10.6 Å². The van der Waals surface area contributed by atoms with Gasteiger partial charge in [0.15, 0.2) is 5.76 Å². The van der Waals surface area contributed by atoms with E-state index >= 15 is 0 Å². The molecule has 1 aromatic heterocycles. The first-order chi connectivity index (χ1) is 18.3. The summed E-state index contributed by atoms with van der Waals surface area (Å²) in [5.41, 5.74) is 3.63. The van der Waals surface area contributed by atoms with E-state index in [1.54, 1.807) is 36.4 Å². The molecule has 5 rings (SSSR count). The van der Waals surface area contributed by atoms with Crippen molar-refractivity contribution < 1.29 is 23.2 Å². The number of carbonyl (C=O) groups is 3. The highest BCUT2D eigenvalue weighted by atomic mass is 32.2. The Labute approximate surface area is 222 Å². The first-order valence-electron chi connectivity index (χ1n) is 11.7. The van der Waals surface area contributed by atoms with Crippen LogP contribution in [0.1, 0.15) is 21.7 Å². The number of furan rings is 1. The molecule has 0 spiro atoms. The molecule has 0 bridgehead atoms. The lowest BCUT2D eigenvalue weighted by atomic mass is 10.1. The van der Waals surface area contributed by atoms with Crippen LogP contribution in [0.2, 0.25) is 0 Å². The minimum Gasteiger partial charge on any atom is -0.459 e. The fourth-order valence-electron chi connectivity index (χ4n) is 3.86. The van der Waals surface area contributed by atoms with Crippen LogP contribution < -0.4 is 15.5 Å². The number of hydrogen-bond donors (Lipinski definition) is 2. The van der Waals surface area contributed by atoms with Crippen molar-refractivity contribution in [2.45, 2.75) is 18.7 Å². The molecule has 0 saturated carbocycles. The SMILES string of the molecule is Cc1ccc(NC2=C(Sc3cccc(NC(=O)c4ccco4)c3)C(=O)N(c3ccc(F)cc3)C2=O)cc1C. The molecular weight excluding hydrogens is 505 g/mol. The molecule has 3 amide bonds. The maximum atomic E-state index is 13.6. The molecule has 0 aliphatic carbocycles. The lowest BCUT2D eigenvalue weighted by Crippen LogP contribution is -2.32. The van der Waals surface area contributed by atoms with Gasteiger partial charge < -0.3 is 15.1 Å². The Balaban J connectivity index is 1.48. The Morgan fingerprint density at radius 2 is 1.66 bits per heavy atom. The van der Waals surface area contributed by atoms with E-state index in [9.17, 15) is 18.8 Å². The zero-order valence-corrected chi connectivity index (χ0v) is 21.3. The van der Waals surface area contributed by atoms with Crippen molar-refractivity contribution in [3.05, 3.63) is 118 Å². The summed E-state index contributed by atoms with van der Waals surface area (Å²) in [7, 11) is 0. The van der Waals surface area contributed by atoms with Crippen molar-refractivity contribution >= 4 is 46.5 Å². The fraction of sp³-hybridized carbons (Fsp3) is 0.0690. The number of amides is 3. The Hall–Kier alpha value is -4.63. The molecule has 0 atom stereocenters. The Morgan fingerprint density at radius 1 is 0.868 bits per heavy atom. The number of nitrogens with zero attached hydrogens (tertiary/aromatic N) is 1. The summed E-state index contributed by atoms with van der Waals surface area (Å²) in [6.45, 7) is 3.94. The van der Waals surface area contributed by atoms with Gasteiger partial charge in [0.05, 0.1) is 12.0 Å². The van der Waals surface area contributed by atoms with E-state index in [0.29, 0.717) is 16.3 Å². The van der Waals surface area contributed by atoms with Crippen LogP contribution in [0.4, 0.5) is 21.5 Å².